The molecule has 160 valence electrons. The van der Waals surface area contributed by atoms with Crippen LogP contribution >= 0.6 is 0 Å². The zero-order chi connectivity index (χ0) is 21.1. The molecular formula is C22H28N3O4S+. The summed E-state index contributed by atoms with van der Waals surface area (Å²) in [5, 5.41) is 10.8. The number of nitrogens with one attached hydrogen (secondary N) is 1. The van der Waals surface area contributed by atoms with Crippen molar-refractivity contribution in [3.8, 4) is 0 Å². The summed E-state index contributed by atoms with van der Waals surface area (Å²) >= 11 is 0. The third-order valence-electron chi connectivity index (χ3n) is 6.63. The second-order valence-corrected chi connectivity index (χ2v) is 10.2. The minimum absolute atomic E-state index is 0.102. The van der Waals surface area contributed by atoms with Gasteiger partial charge >= 0.3 is 0 Å². The number of piperazine rings is 1. The van der Waals surface area contributed by atoms with Crippen molar-refractivity contribution in [3.05, 3.63) is 70.3 Å². The fourth-order valence-electron chi connectivity index (χ4n) is 4.87. The van der Waals surface area contributed by atoms with Gasteiger partial charge in [-0.2, -0.15) is 4.31 Å². The zero-order valence-electron chi connectivity index (χ0n) is 16.9. The maximum Gasteiger partial charge on any atom is 0.269 e. The van der Waals surface area contributed by atoms with Crippen LogP contribution in [-0.4, -0.2) is 49.9 Å². The highest BCUT2D eigenvalue weighted by atomic mass is 32.2. The van der Waals surface area contributed by atoms with Gasteiger partial charge in [0.05, 0.1) is 42.0 Å². The summed E-state index contributed by atoms with van der Waals surface area (Å²) in [5.41, 5.74) is 1.33. The van der Waals surface area contributed by atoms with Gasteiger partial charge in [-0.25, -0.2) is 8.42 Å². The molecule has 2 aromatic carbocycles. The third-order valence-corrected chi connectivity index (χ3v) is 8.54. The molecule has 2 aliphatic rings. The fourth-order valence-corrected chi connectivity index (χ4v) is 6.31. The second kappa shape index (κ2) is 8.83. The van der Waals surface area contributed by atoms with Gasteiger partial charge in [-0.3, -0.25) is 10.1 Å². The van der Waals surface area contributed by atoms with Crippen molar-refractivity contribution in [3.63, 3.8) is 0 Å². The predicted octanol–water partition coefficient (Wildman–Crippen LogP) is 2.21. The van der Waals surface area contributed by atoms with Crippen LogP contribution in [0, 0.1) is 10.1 Å². The van der Waals surface area contributed by atoms with Gasteiger partial charge in [-0.05, 0) is 49.3 Å². The highest BCUT2D eigenvalue weighted by Crippen LogP contribution is 2.32. The molecule has 2 aromatic rings. The smallest absolute Gasteiger partial charge is 0.269 e. The molecule has 1 aliphatic carbocycles. The van der Waals surface area contributed by atoms with E-state index >= 15 is 0 Å². The van der Waals surface area contributed by atoms with Gasteiger partial charge in [0.1, 0.15) is 0 Å². The van der Waals surface area contributed by atoms with Gasteiger partial charge in [0, 0.05) is 12.1 Å². The largest absolute Gasteiger partial charge is 0.330 e. The summed E-state index contributed by atoms with van der Waals surface area (Å²) in [7, 11) is -3.61. The lowest BCUT2D eigenvalue weighted by Crippen LogP contribution is -3.18. The van der Waals surface area contributed by atoms with Gasteiger partial charge in [0.25, 0.3) is 5.69 Å². The summed E-state index contributed by atoms with van der Waals surface area (Å²) in [4.78, 5) is 11.9. The highest BCUT2D eigenvalue weighted by Gasteiger charge is 2.35. The van der Waals surface area contributed by atoms with Crippen LogP contribution in [0.4, 0.5) is 5.69 Å². The molecular weight excluding hydrogens is 402 g/mol. The molecule has 1 saturated carbocycles. The van der Waals surface area contributed by atoms with Crippen molar-refractivity contribution in [2.24, 2.45) is 0 Å². The first-order valence-electron chi connectivity index (χ1n) is 10.6. The summed E-state index contributed by atoms with van der Waals surface area (Å²) in [5.74, 6) is 0.644. The Kier molecular flexibility index (Phi) is 6.17. The molecule has 8 heteroatoms. The normalized spacial score (nSPS) is 23.9. The second-order valence-electron chi connectivity index (χ2n) is 8.27. The van der Waals surface area contributed by atoms with Gasteiger partial charge in [-0.1, -0.05) is 30.3 Å². The number of hydrogen-bond acceptors (Lipinski definition) is 4. The Morgan fingerprint density at radius 2 is 1.50 bits per heavy atom. The number of rotatable bonds is 5. The molecule has 30 heavy (non-hydrogen) atoms. The standard InChI is InChI=1S/C22H27N3O4S/c26-25(27)21-10-12-22(13-11-21)30(28,29)24-16-14-23(15-17-24)20-8-6-19(7-9-20)18-4-2-1-3-5-18/h1-5,10-13,19-20H,6-9,14-17H2/p+1. The third kappa shape index (κ3) is 4.40. The molecule has 0 radical (unpaired) electrons. The summed E-state index contributed by atoms with van der Waals surface area (Å²) in [6.07, 6.45) is 4.76. The van der Waals surface area contributed by atoms with Gasteiger partial charge in [0.15, 0.2) is 0 Å². The first kappa shape index (κ1) is 21.0. The van der Waals surface area contributed by atoms with E-state index < -0.39 is 14.9 Å². The molecule has 4 rings (SSSR count). The first-order chi connectivity index (χ1) is 14.4. The molecule has 1 aliphatic heterocycles. The van der Waals surface area contributed by atoms with E-state index in [0.717, 1.165) is 13.1 Å². The molecule has 2 fully saturated rings. The lowest BCUT2D eigenvalue weighted by molar-refractivity contribution is -0.930. The van der Waals surface area contributed by atoms with Gasteiger partial charge < -0.3 is 4.90 Å². The Hall–Kier alpha value is -2.29. The number of non-ortho nitro benzene ring substituents is 1. The Bertz CT molecular complexity index is 963. The predicted molar refractivity (Wildman–Crippen MR) is 114 cm³/mol. The van der Waals surface area contributed by atoms with E-state index in [-0.39, 0.29) is 10.6 Å². The quantitative estimate of drug-likeness (QED) is 0.582. The number of nitrogens with zero attached hydrogens (tertiary/aromatic N) is 2. The van der Waals surface area contributed by atoms with E-state index in [0.29, 0.717) is 25.0 Å². The van der Waals surface area contributed by atoms with E-state index in [1.807, 2.05) is 0 Å². The number of nitro benzene ring substituents is 1. The molecule has 0 atom stereocenters. The average Bonchev–Trinajstić information content (AvgIpc) is 2.80. The average molecular weight is 431 g/mol. The van der Waals surface area contributed by atoms with Crippen LogP contribution in [0.25, 0.3) is 0 Å². The lowest BCUT2D eigenvalue weighted by Gasteiger charge is -2.39. The topological polar surface area (TPSA) is 85.0 Å². The van der Waals surface area contributed by atoms with Crippen LogP contribution in [-0.2, 0) is 10.0 Å². The number of quaternary nitrogens is 1. The molecule has 0 aromatic heterocycles. The van der Waals surface area contributed by atoms with Crippen LogP contribution in [0.3, 0.4) is 0 Å². The zero-order valence-corrected chi connectivity index (χ0v) is 17.8. The Morgan fingerprint density at radius 1 is 0.900 bits per heavy atom. The monoisotopic (exact) mass is 430 g/mol. The van der Waals surface area contributed by atoms with Crippen LogP contribution < -0.4 is 4.90 Å². The first-order valence-corrected chi connectivity index (χ1v) is 12.0. The molecule has 7 nitrogen and oxygen atoms in total. The highest BCUT2D eigenvalue weighted by molar-refractivity contribution is 7.89. The van der Waals surface area contributed by atoms with E-state index in [4.69, 9.17) is 0 Å². The summed E-state index contributed by atoms with van der Waals surface area (Å²) in [6, 6.07) is 16.5. The lowest BCUT2D eigenvalue weighted by atomic mass is 9.81. The van der Waals surface area contributed by atoms with Gasteiger partial charge in [-0.15, -0.1) is 0 Å². The number of nitro groups is 1. The van der Waals surface area contributed by atoms with Crippen molar-refractivity contribution in [2.45, 2.75) is 42.5 Å². The van der Waals surface area contributed by atoms with E-state index in [9.17, 15) is 18.5 Å². The Balaban J connectivity index is 1.32. The van der Waals surface area contributed by atoms with Crippen molar-refractivity contribution in [1.29, 1.82) is 0 Å². The van der Waals surface area contributed by atoms with Crippen molar-refractivity contribution >= 4 is 15.7 Å². The maximum absolute atomic E-state index is 12.9. The SMILES string of the molecule is O=[N+]([O-])c1ccc(S(=O)(=O)N2CC[NH+](C3CCC(c4ccccc4)CC3)CC2)cc1. The van der Waals surface area contributed by atoms with Crippen LogP contribution in [0.2, 0.25) is 0 Å². The number of benzene rings is 2. The number of hydrogen-bond donors (Lipinski definition) is 1. The molecule has 0 bridgehead atoms. The maximum atomic E-state index is 12.9. The fraction of sp³-hybridized carbons (Fsp3) is 0.455. The molecule has 0 spiro atoms. The molecule has 0 unspecified atom stereocenters. The molecule has 0 amide bonds. The Labute approximate surface area is 177 Å². The van der Waals surface area contributed by atoms with Crippen LogP contribution in [0.15, 0.2) is 59.5 Å². The minimum Gasteiger partial charge on any atom is -0.330 e. The summed E-state index contributed by atoms with van der Waals surface area (Å²) in [6.45, 7) is 2.61. The van der Waals surface area contributed by atoms with Crippen LogP contribution in [0.1, 0.15) is 37.2 Å². The van der Waals surface area contributed by atoms with E-state index in [1.54, 1.807) is 0 Å². The van der Waals surface area contributed by atoms with Crippen LogP contribution in [0.5, 0.6) is 0 Å². The van der Waals surface area contributed by atoms with Crippen molar-refractivity contribution in [1.82, 2.24) is 4.31 Å². The van der Waals surface area contributed by atoms with Crippen molar-refractivity contribution < 1.29 is 18.2 Å². The van der Waals surface area contributed by atoms with Crippen molar-refractivity contribution in [2.75, 3.05) is 26.2 Å². The molecule has 1 N–H and O–H groups in total. The van der Waals surface area contributed by atoms with E-state index in [2.05, 4.69) is 30.3 Å². The minimum atomic E-state index is -3.61. The van der Waals surface area contributed by atoms with Gasteiger partial charge in [0.2, 0.25) is 10.0 Å². The number of sulfonamides is 1. The summed E-state index contributed by atoms with van der Waals surface area (Å²) < 4.78 is 27.3. The molecule has 1 heterocycles. The Morgan fingerprint density at radius 3 is 2.07 bits per heavy atom. The van der Waals surface area contributed by atoms with E-state index in [1.165, 1.54) is 64.7 Å². The molecule has 1 saturated heterocycles.